The quantitative estimate of drug-likeness (QED) is 0.129. The summed E-state index contributed by atoms with van der Waals surface area (Å²) in [6.45, 7) is 3.89. The van der Waals surface area contributed by atoms with Crippen LogP contribution in [0.15, 0.2) is 77.7 Å². The van der Waals surface area contributed by atoms with Gasteiger partial charge in [-0.05, 0) is 67.3 Å². The van der Waals surface area contributed by atoms with Crippen molar-refractivity contribution in [3.8, 4) is 0 Å². The van der Waals surface area contributed by atoms with Gasteiger partial charge in [0, 0.05) is 15.9 Å². The van der Waals surface area contributed by atoms with Crippen molar-refractivity contribution in [1.82, 2.24) is 0 Å². The lowest BCUT2D eigenvalue weighted by molar-refractivity contribution is 0.104. The number of hydrogen-bond acceptors (Lipinski definition) is 5. The largest absolute Gasteiger partial charge is 0.380 e. The van der Waals surface area contributed by atoms with Crippen molar-refractivity contribution in [3.05, 3.63) is 99.5 Å². The molecular formula is C27H31Cl3O5S. The van der Waals surface area contributed by atoms with Crippen LogP contribution in [0.3, 0.4) is 0 Å². The second-order valence-electron chi connectivity index (χ2n) is 7.76. The Kier molecular flexibility index (Phi) is 14.4. The summed E-state index contributed by atoms with van der Waals surface area (Å²) in [6.07, 6.45) is 1.60. The van der Waals surface area contributed by atoms with E-state index in [-0.39, 0.29) is 18.1 Å². The minimum absolute atomic E-state index is 0.00818. The summed E-state index contributed by atoms with van der Waals surface area (Å²) < 4.78 is 39.5. The number of hydrogen-bond donors (Lipinski definition) is 0. The normalized spacial score (nSPS) is 11.1. The van der Waals surface area contributed by atoms with Crippen LogP contribution in [0, 0.1) is 6.92 Å². The van der Waals surface area contributed by atoms with Crippen molar-refractivity contribution in [2.75, 3.05) is 38.9 Å². The first-order valence-electron chi connectivity index (χ1n) is 11.5. The van der Waals surface area contributed by atoms with Gasteiger partial charge in [-0.2, -0.15) is 8.42 Å². The number of aryl methyl sites for hydroxylation is 1. The van der Waals surface area contributed by atoms with Gasteiger partial charge in [-0.3, -0.25) is 4.18 Å². The van der Waals surface area contributed by atoms with Crippen LogP contribution in [0.2, 0.25) is 10.0 Å². The maximum Gasteiger partial charge on any atom is 0.297 e. The summed E-state index contributed by atoms with van der Waals surface area (Å²) in [5.41, 5.74) is 3.26. The molecule has 0 amide bonds. The van der Waals surface area contributed by atoms with E-state index >= 15 is 0 Å². The maximum absolute atomic E-state index is 11.9. The molecule has 0 aliphatic rings. The van der Waals surface area contributed by atoms with Crippen LogP contribution in [0.1, 0.15) is 16.7 Å². The molecule has 5 nitrogen and oxygen atoms in total. The van der Waals surface area contributed by atoms with Crippen molar-refractivity contribution in [2.24, 2.45) is 0 Å². The topological polar surface area (TPSA) is 61.8 Å². The van der Waals surface area contributed by atoms with Gasteiger partial charge in [0.25, 0.3) is 10.1 Å². The molecular weight excluding hydrogens is 543 g/mol. The molecule has 0 N–H and O–H groups in total. The maximum atomic E-state index is 11.9. The van der Waals surface area contributed by atoms with Crippen molar-refractivity contribution in [3.63, 3.8) is 0 Å². The molecule has 0 saturated carbocycles. The Hall–Kier alpha value is -1.64. The molecule has 0 saturated heterocycles. The van der Waals surface area contributed by atoms with Crippen LogP contribution >= 0.6 is 34.8 Å². The van der Waals surface area contributed by atoms with Crippen LogP contribution in [-0.4, -0.2) is 47.3 Å². The van der Waals surface area contributed by atoms with Gasteiger partial charge in [0.15, 0.2) is 0 Å². The molecule has 0 fully saturated rings. The fraction of sp³-hybridized carbons (Fsp3) is 0.333. The first-order valence-corrected chi connectivity index (χ1v) is 14.2. The van der Waals surface area contributed by atoms with Gasteiger partial charge in [-0.15, -0.1) is 11.6 Å². The van der Waals surface area contributed by atoms with Crippen LogP contribution in [0.5, 0.6) is 0 Å². The zero-order valence-corrected chi connectivity index (χ0v) is 23.3. The molecule has 0 radical (unpaired) electrons. The molecule has 0 heterocycles. The zero-order valence-electron chi connectivity index (χ0n) is 20.2. The van der Waals surface area contributed by atoms with Gasteiger partial charge in [0.2, 0.25) is 0 Å². The van der Waals surface area contributed by atoms with Crippen molar-refractivity contribution >= 4 is 44.9 Å². The average Bonchev–Trinajstić information content (AvgIpc) is 2.85. The predicted molar refractivity (Wildman–Crippen MR) is 147 cm³/mol. The second kappa shape index (κ2) is 17.0. The minimum atomic E-state index is -3.72. The van der Waals surface area contributed by atoms with E-state index < -0.39 is 10.1 Å². The van der Waals surface area contributed by atoms with E-state index in [1.54, 1.807) is 12.1 Å². The number of alkyl halides is 1. The summed E-state index contributed by atoms with van der Waals surface area (Å²) >= 11 is 17.2. The first kappa shape index (κ1) is 30.6. The minimum Gasteiger partial charge on any atom is -0.380 e. The van der Waals surface area contributed by atoms with Crippen LogP contribution in [0.4, 0.5) is 0 Å². The Bertz CT molecular complexity index is 1140. The molecule has 3 rings (SSSR count). The average molecular weight is 574 g/mol. The Morgan fingerprint density at radius 1 is 0.694 bits per heavy atom. The lowest BCUT2D eigenvalue weighted by Crippen LogP contribution is -2.12. The van der Waals surface area contributed by atoms with Crippen molar-refractivity contribution < 1.29 is 22.1 Å². The monoisotopic (exact) mass is 572 g/mol. The smallest absolute Gasteiger partial charge is 0.297 e. The molecule has 0 spiro atoms. The third-order valence-corrected chi connectivity index (χ3v) is 6.80. The van der Waals surface area contributed by atoms with E-state index in [0.717, 1.165) is 22.6 Å². The Morgan fingerprint density at radius 3 is 1.72 bits per heavy atom. The van der Waals surface area contributed by atoms with E-state index in [1.165, 1.54) is 17.7 Å². The number of rotatable bonds is 13. The fourth-order valence-electron chi connectivity index (χ4n) is 3.00. The highest BCUT2D eigenvalue weighted by atomic mass is 35.5. The SMILES string of the molecule is Cc1ccc(S(=O)(=O)OCCOCCc2cccc(Cl)c2)cc1.ClCCOCCc1cccc(Cl)c1. The lowest BCUT2D eigenvalue weighted by atomic mass is 10.2. The molecule has 3 aromatic carbocycles. The van der Waals surface area contributed by atoms with E-state index in [0.29, 0.717) is 37.1 Å². The van der Waals surface area contributed by atoms with Gasteiger partial charge >= 0.3 is 0 Å². The number of benzene rings is 3. The summed E-state index contributed by atoms with van der Waals surface area (Å²) in [6, 6.07) is 21.9. The van der Waals surface area contributed by atoms with Crippen molar-refractivity contribution in [2.45, 2.75) is 24.7 Å². The summed E-state index contributed by atoms with van der Waals surface area (Å²) in [4.78, 5) is 0.155. The fourth-order valence-corrected chi connectivity index (χ4v) is 4.43. The highest BCUT2D eigenvalue weighted by molar-refractivity contribution is 7.86. The van der Waals surface area contributed by atoms with Gasteiger partial charge in [-0.25, -0.2) is 0 Å². The van der Waals surface area contributed by atoms with Gasteiger partial charge < -0.3 is 9.47 Å². The first-order chi connectivity index (χ1) is 17.3. The third-order valence-electron chi connectivity index (χ3n) is 4.85. The predicted octanol–water partition coefficient (Wildman–Crippen LogP) is 6.75. The van der Waals surface area contributed by atoms with Crippen molar-refractivity contribution in [1.29, 1.82) is 0 Å². The van der Waals surface area contributed by atoms with E-state index in [2.05, 4.69) is 0 Å². The number of ether oxygens (including phenoxy) is 2. The Labute approximate surface area is 229 Å². The summed E-state index contributed by atoms with van der Waals surface area (Å²) in [7, 11) is -3.72. The highest BCUT2D eigenvalue weighted by Crippen LogP contribution is 2.14. The Morgan fingerprint density at radius 2 is 1.22 bits per heavy atom. The number of halogens is 3. The van der Waals surface area contributed by atoms with Crippen LogP contribution < -0.4 is 0 Å². The highest BCUT2D eigenvalue weighted by Gasteiger charge is 2.14. The molecule has 9 heteroatoms. The molecule has 3 aromatic rings. The zero-order chi connectivity index (χ0) is 26.2. The Balaban J connectivity index is 0.000000297. The molecule has 0 aliphatic heterocycles. The third kappa shape index (κ3) is 12.5. The van der Waals surface area contributed by atoms with Gasteiger partial charge in [0.1, 0.15) is 0 Å². The molecule has 0 unspecified atom stereocenters. The van der Waals surface area contributed by atoms with Gasteiger partial charge in [-0.1, -0.05) is 65.2 Å². The molecule has 0 bridgehead atoms. The second-order valence-corrected chi connectivity index (χ2v) is 10.6. The van der Waals surface area contributed by atoms with Gasteiger partial charge in [0.05, 0.1) is 37.9 Å². The molecule has 0 atom stereocenters. The molecule has 0 aliphatic carbocycles. The molecule has 36 heavy (non-hydrogen) atoms. The van der Waals surface area contributed by atoms with Crippen LogP contribution in [-0.2, 0) is 36.6 Å². The summed E-state index contributed by atoms with van der Waals surface area (Å²) in [5, 5.41) is 1.46. The van der Waals surface area contributed by atoms with E-state index in [4.69, 9.17) is 48.5 Å². The van der Waals surface area contributed by atoms with E-state index in [9.17, 15) is 8.42 Å². The molecule has 0 aromatic heterocycles. The molecule has 196 valence electrons. The standard InChI is InChI=1S/C17H19ClO4S.C10H12Cl2O/c1-14-5-7-17(8-6-14)23(19,20)22-12-11-21-10-9-15-3-2-4-16(18)13-15;11-5-7-13-6-4-9-2-1-3-10(12)8-9/h2-8,13H,9-12H2,1H3;1-3,8H,4-7H2. The summed E-state index contributed by atoms with van der Waals surface area (Å²) in [5.74, 6) is 0.551. The lowest BCUT2D eigenvalue weighted by Gasteiger charge is -2.07. The van der Waals surface area contributed by atoms with Crippen LogP contribution in [0.25, 0.3) is 0 Å². The van der Waals surface area contributed by atoms with E-state index in [1.807, 2.05) is 55.5 Å².